The van der Waals surface area contributed by atoms with E-state index in [9.17, 15) is 4.79 Å². The van der Waals surface area contributed by atoms with Gasteiger partial charge in [0.2, 0.25) is 0 Å². The maximum absolute atomic E-state index is 12.1. The fraction of sp³-hybridized carbons (Fsp3) is 0.200. The van der Waals surface area contributed by atoms with Crippen LogP contribution in [0.3, 0.4) is 0 Å². The third-order valence-electron chi connectivity index (χ3n) is 2.70. The normalized spacial score (nSPS) is 10.7. The van der Waals surface area contributed by atoms with E-state index < -0.39 is 0 Å². The van der Waals surface area contributed by atoms with E-state index in [0.29, 0.717) is 28.1 Å². The number of methoxy groups -OCH3 is 1. The topological polar surface area (TPSA) is 59.9 Å². The molecule has 2 aromatic rings. The number of ether oxygens (including phenoxy) is 2. The zero-order chi connectivity index (χ0) is 15.9. The van der Waals surface area contributed by atoms with Gasteiger partial charge in [0.15, 0.2) is 11.5 Å². The highest BCUT2D eigenvalue weighted by atomic mass is 79.9. The molecule has 0 fully saturated rings. The Balaban J connectivity index is 2.14. The molecule has 1 N–H and O–H groups in total. The number of carbonyl (C=O) groups is 1. The number of hydrazone groups is 1. The van der Waals surface area contributed by atoms with E-state index in [-0.39, 0.29) is 5.91 Å². The Morgan fingerprint density at radius 1 is 1.50 bits per heavy atom. The molecule has 0 saturated carbocycles. The number of thiophene rings is 1. The predicted octanol–water partition coefficient (Wildman–Crippen LogP) is 3.68. The number of benzene rings is 1. The standard InChI is InChI=1S/C15H15BrN2O3S/c1-3-21-14-12(16)6-11(7-13(14)20-2)15(19)18-17-8-10-4-5-22-9-10/h4-9H,3H2,1-2H3,(H,18,19)/b17-8-. The van der Waals surface area contributed by atoms with E-state index in [1.54, 1.807) is 29.7 Å². The fourth-order valence-electron chi connectivity index (χ4n) is 1.71. The van der Waals surface area contributed by atoms with E-state index >= 15 is 0 Å². The molecule has 0 radical (unpaired) electrons. The molecule has 22 heavy (non-hydrogen) atoms. The maximum atomic E-state index is 12.1. The van der Waals surface area contributed by atoms with Gasteiger partial charge < -0.3 is 9.47 Å². The van der Waals surface area contributed by atoms with Crippen LogP contribution in [-0.2, 0) is 0 Å². The quantitative estimate of drug-likeness (QED) is 0.612. The van der Waals surface area contributed by atoms with Crippen molar-refractivity contribution in [2.45, 2.75) is 6.92 Å². The highest BCUT2D eigenvalue weighted by Gasteiger charge is 2.15. The van der Waals surface area contributed by atoms with Crippen LogP contribution in [0, 0.1) is 0 Å². The van der Waals surface area contributed by atoms with Crippen LogP contribution in [0.4, 0.5) is 0 Å². The lowest BCUT2D eigenvalue weighted by atomic mass is 10.2. The summed E-state index contributed by atoms with van der Waals surface area (Å²) >= 11 is 4.95. The summed E-state index contributed by atoms with van der Waals surface area (Å²) in [6.07, 6.45) is 1.59. The summed E-state index contributed by atoms with van der Waals surface area (Å²) in [6, 6.07) is 5.20. The van der Waals surface area contributed by atoms with Gasteiger partial charge in [-0.25, -0.2) is 5.43 Å². The van der Waals surface area contributed by atoms with E-state index in [2.05, 4.69) is 26.5 Å². The first-order valence-corrected chi connectivity index (χ1v) is 8.25. The highest BCUT2D eigenvalue weighted by molar-refractivity contribution is 9.10. The van der Waals surface area contributed by atoms with Gasteiger partial charge in [-0.3, -0.25) is 4.79 Å². The largest absolute Gasteiger partial charge is 0.493 e. The summed E-state index contributed by atoms with van der Waals surface area (Å²) in [5.41, 5.74) is 3.85. The molecule has 1 heterocycles. The third-order valence-corrected chi connectivity index (χ3v) is 3.99. The molecular weight excluding hydrogens is 368 g/mol. The minimum absolute atomic E-state index is 0.325. The van der Waals surface area contributed by atoms with Crippen molar-refractivity contribution >= 4 is 39.4 Å². The average molecular weight is 383 g/mol. The van der Waals surface area contributed by atoms with Gasteiger partial charge in [0.05, 0.1) is 24.4 Å². The highest BCUT2D eigenvalue weighted by Crippen LogP contribution is 2.36. The molecule has 1 aromatic carbocycles. The summed E-state index contributed by atoms with van der Waals surface area (Å²) in [7, 11) is 1.53. The van der Waals surface area contributed by atoms with Crippen LogP contribution < -0.4 is 14.9 Å². The Bertz CT molecular complexity index is 672. The molecule has 0 aliphatic heterocycles. The van der Waals surface area contributed by atoms with E-state index in [1.807, 2.05) is 23.8 Å². The lowest BCUT2D eigenvalue weighted by Crippen LogP contribution is -2.17. The Hall–Kier alpha value is -1.86. The molecule has 0 aliphatic rings. The molecule has 5 nitrogen and oxygen atoms in total. The molecule has 116 valence electrons. The number of hydrogen-bond donors (Lipinski definition) is 1. The summed E-state index contributed by atoms with van der Waals surface area (Å²) in [5.74, 6) is 0.736. The lowest BCUT2D eigenvalue weighted by Gasteiger charge is -2.12. The number of rotatable bonds is 6. The van der Waals surface area contributed by atoms with Crippen molar-refractivity contribution < 1.29 is 14.3 Å². The van der Waals surface area contributed by atoms with Crippen molar-refractivity contribution in [3.8, 4) is 11.5 Å². The number of amides is 1. The molecule has 2 rings (SSSR count). The maximum Gasteiger partial charge on any atom is 0.271 e. The van der Waals surface area contributed by atoms with Crippen LogP contribution in [-0.4, -0.2) is 25.8 Å². The average Bonchev–Trinajstić information content (AvgIpc) is 3.02. The molecule has 0 saturated heterocycles. The van der Waals surface area contributed by atoms with Crippen molar-refractivity contribution in [1.29, 1.82) is 0 Å². The van der Waals surface area contributed by atoms with Gasteiger partial charge in [0.25, 0.3) is 5.91 Å². The molecule has 1 amide bonds. The van der Waals surface area contributed by atoms with Gasteiger partial charge in [0.1, 0.15) is 0 Å². The third kappa shape index (κ3) is 4.08. The van der Waals surface area contributed by atoms with E-state index in [1.165, 1.54) is 7.11 Å². The second kappa shape index (κ2) is 7.95. The number of nitrogens with zero attached hydrogens (tertiary/aromatic N) is 1. The fourth-order valence-corrected chi connectivity index (χ4v) is 2.88. The summed E-state index contributed by atoms with van der Waals surface area (Å²) in [5, 5.41) is 7.81. The monoisotopic (exact) mass is 382 g/mol. The zero-order valence-electron chi connectivity index (χ0n) is 12.1. The predicted molar refractivity (Wildman–Crippen MR) is 91.2 cm³/mol. The van der Waals surface area contributed by atoms with Gasteiger partial charge in [0, 0.05) is 11.1 Å². The van der Waals surface area contributed by atoms with Crippen LogP contribution in [0.25, 0.3) is 0 Å². The first kappa shape index (κ1) is 16.5. The molecule has 0 atom stereocenters. The Labute approximate surface area is 141 Å². The Morgan fingerprint density at radius 2 is 2.32 bits per heavy atom. The Kier molecular flexibility index (Phi) is 5.97. The summed E-state index contributed by atoms with van der Waals surface area (Å²) in [4.78, 5) is 12.1. The van der Waals surface area contributed by atoms with Crippen molar-refractivity contribution in [1.82, 2.24) is 5.43 Å². The van der Waals surface area contributed by atoms with Gasteiger partial charge in [-0.15, -0.1) is 0 Å². The molecule has 1 aromatic heterocycles. The van der Waals surface area contributed by atoms with Crippen LogP contribution >= 0.6 is 27.3 Å². The van der Waals surface area contributed by atoms with Crippen LogP contribution in [0.15, 0.2) is 38.5 Å². The minimum atomic E-state index is -0.325. The minimum Gasteiger partial charge on any atom is -0.493 e. The first-order valence-electron chi connectivity index (χ1n) is 6.51. The van der Waals surface area contributed by atoms with Gasteiger partial charge in [-0.05, 0) is 51.8 Å². The molecule has 7 heteroatoms. The number of halogens is 1. The molecular formula is C15H15BrN2O3S. The zero-order valence-corrected chi connectivity index (χ0v) is 14.5. The van der Waals surface area contributed by atoms with E-state index in [0.717, 1.165) is 5.56 Å². The van der Waals surface area contributed by atoms with Crippen molar-refractivity contribution in [2.24, 2.45) is 5.10 Å². The number of hydrogen-bond acceptors (Lipinski definition) is 5. The summed E-state index contributed by atoms with van der Waals surface area (Å²) < 4.78 is 11.4. The van der Waals surface area contributed by atoms with Gasteiger partial charge in [-0.1, -0.05) is 0 Å². The van der Waals surface area contributed by atoms with E-state index in [4.69, 9.17) is 9.47 Å². The molecule has 0 spiro atoms. The van der Waals surface area contributed by atoms with Crippen molar-refractivity contribution in [3.63, 3.8) is 0 Å². The van der Waals surface area contributed by atoms with Gasteiger partial charge in [-0.2, -0.15) is 16.4 Å². The molecule has 0 bridgehead atoms. The smallest absolute Gasteiger partial charge is 0.271 e. The SMILES string of the molecule is CCOc1c(Br)cc(C(=O)N/N=C\c2ccsc2)cc1OC. The summed E-state index contributed by atoms with van der Waals surface area (Å²) in [6.45, 7) is 2.39. The number of nitrogens with one attached hydrogen (secondary N) is 1. The second-order valence-corrected chi connectivity index (χ2v) is 5.81. The second-order valence-electron chi connectivity index (χ2n) is 4.18. The first-order chi connectivity index (χ1) is 10.7. The van der Waals surface area contributed by atoms with Crippen molar-refractivity contribution in [2.75, 3.05) is 13.7 Å². The lowest BCUT2D eigenvalue weighted by molar-refractivity contribution is 0.0954. The Morgan fingerprint density at radius 3 is 2.95 bits per heavy atom. The van der Waals surface area contributed by atoms with Crippen molar-refractivity contribution in [3.05, 3.63) is 44.6 Å². The van der Waals surface area contributed by atoms with Crippen LogP contribution in [0.2, 0.25) is 0 Å². The molecule has 0 unspecified atom stereocenters. The number of carbonyl (C=O) groups excluding carboxylic acids is 1. The van der Waals surface area contributed by atoms with Gasteiger partial charge >= 0.3 is 0 Å². The molecule has 0 aliphatic carbocycles. The van der Waals surface area contributed by atoms with Crippen LogP contribution in [0.5, 0.6) is 11.5 Å². The van der Waals surface area contributed by atoms with Crippen LogP contribution in [0.1, 0.15) is 22.8 Å².